The van der Waals surface area contributed by atoms with Gasteiger partial charge in [-0.15, -0.1) is 11.3 Å². The lowest BCUT2D eigenvalue weighted by Gasteiger charge is -2.22. The number of carbonyl (C=O) groups is 1. The summed E-state index contributed by atoms with van der Waals surface area (Å²) in [4.78, 5) is 12.7. The maximum absolute atomic E-state index is 10.8. The Morgan fingerprint density at radius 3 is 2.56 bits per heavy atom. The molecule has 0 aromatic carbocycles. The predicted octanol–water partition coefficient (Wildman–Crippen LogP) is 4.11. The van der Waals surface area contributed by atoms with E-state index in [1.807, 2.05) is 13.0 Å². The van der Waals surface area contributed by atoms with E-state index in [0.717, 1.165) is 59.2 Å². The first kappa shape index (κ1) is 18.5. The highest BCUT2D eigenvalue weighted by molar-refractivity contribution is 7.20. The third kappa shape index (κ3) is 4.49. The molecule has 5 nitrogen and oxygen atoms in total. The molecular weight excluding hydrogens is 334 g/mol. The number of rotatable bonds is 3. The summed E-state index contributed by atoms with van der Waals surface area (Å²) >= 11 is 1.53. The Labute approximate surface area is 153 Å². The first-order chi connectivity index (χ1) is 12.2. The molecule has 0 unspecified atom stereocenters. The van der Waals surface area contributed by atoms with E-state index in [-0.39, 0.29) is 0 Å². The van der Waals surface area contributed by atoms with Crippen LogP contribution in [0.5, 0.6) is 0 Å². The molecule has 1 aliphatic carbocycles. The number of hydrogen-bond acceptors (Lipinski definition) is 5. The average molecular weight is 364 g/mol. The van der Waals surface area contributed by atoms with Crippen molar-refractivity contribution < 1.29 is 9.53 Å². The molecule has 0 atom stereocenters. The van der Waals surface area contributed by atoms with Gasteiger partial charge in [-0.2, -0.15) is 5.10 Å². The lowest BCUT2D eigenvalue weighted by molar-refractivity contribution is 0.0675. The minimum Gasteiger partial charge on any atom is -0.381 e. The zero-order valence-corrected chi connectivity index (χ0v) is 16.1. The average Bonchev–Trinajstić information content (AvgIpc) is 3.24. The van der Waals surface area contributed by atoms with Crippen LogP contribution in [0, 0.1) is 6.92 Å². The fourth-order valence-electron chi connectivity index (χ4n) is 3.72. The van der Waals surface area contributed by atoms with Crippen molar-refractivity contribution in [3.63, 3.8) is 0 Å². The molecule has 0 bridgehead atoms. The molecule has 2 aliphatic rings. The number of nitrogens with zero attached hydrogens (tertiary/aromatic N) is 2. The summed E-state index contributed by atoms with van der Waals surface area (Å²) in [6, 6.07) is 3.19. The second-order valence-corrected chi connectivity index (χ2v) is 8.04. The summed E-state index contributed by atoms with van der Waals surface area (Å²) in [5, 5.41) is 9.02. The molecule has 1 saturated carbocycles. The van der Waals surface area contributed by atoms with E-state index in [1.54, 1.807) is 0 Å². The first-order valence-electron chi connectivity index (χ1n) is 9.41. The Kier molecular flexibility index (Phi) is 6.62. The lowest BCUT2D eigenvalue weighted by atomic mass is 9.96. The van der Waals surface area contributed by atoms with Crippen LogP contribution < -0.4 is 5.32 Å². The van der Waals surface area contributed by atoms with Crippen molar-refractivity contribution in [1.29, 1.82) is 0 Å². The van der Waals surface area contributed by atoms with E-state index >= 15 is 0 Å². The Hall–Kier alpha value is -1.24. The Morgan fingerprint density at radius 2 is 1.96 bits per heavy atom. The smallest absolute Gasteiger partial charge is 0.160 e. The zero-order valence-electron chi connectivity index (χ0n) is 15.3. The summed E-state index contributed by atoms with van der Waals surface area (Å²) in [5.41, 5.74) is 1.01. The summed E-state index contributed by atoms with van der Waals surface area (Å²) in [5.74, 6) is 0. The Morgan fingerprint density at radius 1 is 1.24 bits per heavy atom. The van der Waals surface area contributed by atoms with Gasteiger partial charge in [-0.05, 0) is 45.7 Å². The number of carbonyl (C=O) groups excluding carboxylic acids is 1. The number of aryl methyl sites for hydroxylation is 1. The molecular formula is C19H29N3O2S. The van der Waals surface area contributed by atoms with Crippen molar-refractivity contribution in [3.8, 4) is 0 Å². The second kappa shape index (κ2) is 8.92. The van der Waals surface area contributed by atoms with E-state index in [9.17, 15) is 4.79 Å². The van der Waals surface area contributed by atoms with E-state index in [1.165, 1.54) is 43.4 Å². The van der Waals surface area contributed by atoms with E-state index in [4.69, 9.17) is 4.74 Å². The van der Waals surface area contributed by atoms with Gasteiger partial charge in [0.15, 0.2) is 6.29 Å². The van der Waals surface area contributed by atoms with Crippen molar-refractivity contribution in [2.45, 2.75) is 64.0 Å². The van der Waals surface area contributed by atoms with Gasteiger partial charge in [0.25, 0.3) is 0 Å². The van der Waals surface area contributed by atoms with Crippen LogP contribution in [0.1, 0.15) is 66.4 Å². The van der Waals surface area contributed by atoms with E-state index in [2.05, 4.69) is 22.1 Å². The van der Waals surface area contributed by atoms with Gasteiger partial charge in [0, 0.05) is 24.6 Å². The van der Waals surface area contributed by atoms with Crippen LogP contribution in [0.3, 0.4) is 0 Å². The number of ether oxygens (including phenoxy) is 1. The highest BCUT2D eigenvalue weighted by atomic mass is 32.1. The topological polar surface area (TPSA) is 56.1 Å². The summed E-state index contributed by atoms with van der Waals surface area (Å²) in [7, 11) is 2.07. The largest absolute Gasteiger partial charge is 0.381 e. The highest BCUT2D eigenvalue weighted by Crippen LogP contribution is 2.32. The molecule has 3 heterocycles. The van der Waals surface area contributed by atoms with Gasteiger partial charge in [-0.25, -0.2) is 0 Å². The van der Waals surface area contributed by atoms with Crippen molar-refractivity contribution in [2.75, 3.05) is 20.3 Å². The van der Waals surface area contributed by atoms with Crippen molar-refractivity contribution in [3.05, 3.63) is 16.6 Å². The molecule has 2 fully saturated rings. The molecule has 25 heavy (non-hydrogen) atoms. The van der Waals surface area contributed by atoms with Crippen LogP contribution in [0.2, 0.25) is 0 Å². The number of aromatic nitrogens is 2. The fourth-order valence-corrected chi connectivity index (χ4v) is 4.77. The summed E-state index contributed by atoms with van der Waals surface area (Å²) < 4.78 is 7.46. The molecule has 4 rings (SSSR count). The van der Waals surface area contributed by atoms with Gasteiger partial charge < -0.3 is 10.1 Å². The molecule has 138 valence electrons. The normalized spacial score (nSPS) is 19.6. The zero-order chi connectivity index (χ0) is 17.6. The van der Waals surface area contributed by atoms with Crippen LogP contribution in [0.25, 0.3) is 10.2 Å². The monoisotopic (exact) mass is 363 g/mol. The molecule has 1 aliphatic heterocycles. The minimum absolute atomic E-state index is 0.415. The van der Waals surface area contributed by atoms with E-state index in [0.29, 0.717) is 6.04 Å². The summed E-state index contributed by atoms with van der Waals surface area (Å²) in [6.07, 6.45) is 10.1. The van der Waals surface area contributed by atoms with Crippen LogP contribution in [0.4, 0.5) is 0 Å². The summed E-state index contributed by atoms with van der Waals surface area (Å²) in [6.45, 7) is 3.60. The highest BCUT2D eigenvalue weighted by Gasteiger charge is 2.21. The standard InChI is InChI=1S/C12H14N2O2S.C7H15N/c1-8-11-6-10(7-15)17-12(11)14(13-8)9-2-4-16-5-3-9;1-8-7-5-3-2-4-6-7/h6-7,9H,2-5H2,1H3;7-8H,2-6H2,1H3. The third-order valence-corrected chi connectivity index (χ3v) is 6.30. The third-order valence-electron chi connectivity index (χ3n) is 5.25. The van der Waals surface area contributed by atoms with Gasteiger partial charge in [-0.1, -0.05) is 19.3 Å². The first-order valence-corrected chi connectivity index (χ1v) is 10.2. The molecule has 2 aromatic heterocycles. The number of thiophene rings is 1. The van der Waals surface area contributed by atoms with Crippen molar-refractivity contribution in [2.24, 2.45) is 0 Å². The quantitative estimate of drug-likeness (QED) is 0.834. The molecule has 1 saturated heterocycles. The predicted molar refractivity (Wildman–Crippen MR) is 103 cm³/mol. The Balaban J connectivity index is 0.000000192. The number of hydrogen-bond donors (Lipinski definition) is 1. The van der Waals surface area contributed by atoms with Gasteiger partial charge in [-0.3, -0.25) is 9.48 Å². The van der Waals surface area contributed by atoms with Crippen molar-refractivity contribution in [1.82, 2.24) is 15.1 Å². The maximum atomic E-state index is 10.8. The second-order valence-electron chi connectivity index (χ2n) is 6.98. The maximum Gasteiger partial charge on any atom is 0.160 e. The number of aldehydes is 1. The Bertz CT molecular complexity index is 682. The molecule has 0 amide bonds. The fraction of sp³-hybridized carbons (Fsp3) is 0.684. The van der Waals surface area contributed by atoms with Crippen molar-refractivity contribution >= 4 is 27.8 Å². The molecule has 0 radical (unpaired) electrons. The van der Waals surface area contributed by atoms with Crippen LogP contribution >= 0.6 is 11.3 Å². The molecule has 6 heteroatoms. The van der Waals surface area contributed by atoms with Crippen LogP contribution in [-0.2, 0) is 4.74 Å². The van der Waals surface area contributed by atoms with Gasteiger partial charge in [0.2, 0.25) is 0 Å². The minimum atomic E-state index is 0.415. The number of nitrogens with one attached hydrogen (secondary N) is 1. The molecule has 0 spiro atoms. The van der Waals surface area contributed by atoms with Gasteiger partial charge in [0.05, 0.1) is 16.6 Å². The van der Waals surface area contributed by atoms with Gasteiger partial charge >= 0.3 is 0 Å². The molecule has 2 aromatic rings. The van der Waals surface area contributed by atoms with Gasteiger partial charge in [0.1, 0.15) is 4.83 Å². The van der Waals surface area contributed by atoms with Crippen LogP contribution in [-0.4, -0.2) is 42.4 Å². The number of fused-ring (bicyclic) bond motifs is 1. The van der Waals surface area contributed by atoms with E-state index < -0.39 is 0 Å². The van der Waals surface area contributed by atoms with Crippen LogP contribution in [0.15, 0.2) is 6.07 Å². The molecule has 1 N–H and O–H groups in total. The SMILES string of the molecule is CNC1CCCCC1.Cc1nn(C2CCOCC2)c2sc(C=O)cc12. The lowest BCUT2D eigenvalue weighted by Crippen LogP contribution is -2.26.